The molecule has 240 valence electrons. The minimum atomic E-state index is -2.69. The standard InChI is InChI=1S/C33H44FN3O7/c1-6-11-37(16-32(7-2)9-8-10-32)15-18-14-21(44-5)23-19(25(18)34)12-17-13-20-26(36(3)4)28(39)24(31(35)42)30(41)33(20,43)29(40)22(17)27(23)38/h14,17,20,26,39-40,43H,6-13,15-16H2,1-5H3,(H2,35,42)/t17-,20-,26-,33-/m0/s1. The van der Waals surface area contributed by atoms with Crippen LogP contribution < -0.4 is 10.5 Å². The molecule has 1 aromatic rings. The van der Waals surface area contributed by atoms with Crippen molar-refractivity contribution in [2.45, 2.75) is 77.0 Å². The van der Waals surface area contributed by atoms with Crippen LogP contribution in [0.3, 0.4) is 0 Å². The number of hydrogen-bond acceptors (Lipinski definition) is 9. The molecule has 5 rings (SSSR count). The predicted octanol–water partition coefficient (Wildman–Crippen LogP) is 3.36. The number of methoxy groups -OCH3 is 1. The Morgan fingerprint density at radius 1 is 1.20 bits per heavy atom. The van der Waals surface area contributed by atoms with Gasteiger partial charge in [0.05, 0.1) is 18.7 Å². The third-order valence-corrected chi connectivity index (χ3v) is 10.6. The number of Topliss-reactive ketones (excluding diaryl/α,β-unsaturated/α-hetero) is 2. The van der Waals surface area contributed by atoms with Crippen molar-refractivity contribution < 1.29 is 38.8 Å². The van der Waals surface area contributed by atoms with Crippen LogP contribution >= 0.6 is 0 Å². The highest BCUT2D eigenvalue weighted by atomic mass is 19.1. The highest BCUT2D eigenvalue weighted by Gasteiger charge is 2.63. The summed E-state index contributed by atoms with van der Waals surface area (Å²) in [6, 6.07) is 0.456. The monoisotopic (exact) mass is 613 g/mol. The molecule has 4 atom stereocenters. The lowest BCUT2D eigenvalue weighted by atomic mass is 9.58. The average molecular weight is 614 g/mol. The van der Waals surface area contributed by atoms with Gasteiger partial charge in [0.2, 0.25) is 5.78 Å². The minimum absolute atomic E-state index is 0.0112. The number of ether oxygens (including phenoxy) is 1. The number of carbonyl (C=O) groups is 3. The van der Waals surface area contributed by atoms with Crippen LogP contribution in [0.4, 0.5) is 4.39 Å². The molecule has 10 nitrogen and oxygen atoms in total. The molecular formula is C33H44FN3O7. The van der Waals surface area contributed by atoms with Gasteiger partial charge in [0, 0.05) is 35.7 Å². The topological polar surface area (TPSA) is 154 Å². The van der Waals surface area contributed by atoms with Gasteiger partial charge < -0.3 is 25.8 Å². The van der Waals surface area contributed by atoms with Gasteiger partial charge in [0.1, 0.15) is 28.7 Å². The molecule has 0 aromatic heterocycles. The van der Waals surface area contributed by atoms with Gasteiger partial charge in [0.25, 0.3) is 5.91 Å². The Morgan fingerprint density at radius 3 is 2.41 bits per heavy atom. The number of aliphatic hydroxyl groups excluding tert-OH is 2. The van der Waals surface area contributed by atoms with Crippen LogP contribution in [0.1, 0.15) is 73.9 Å². The van der Waals surface area contributed by atoms with Crippen LogP contribution in [-0.4, -0.2) is 88.5 Å². The second-order valence-corrected chi connectivity index (χ2v) is 13.3. The molecule has 0 bridgehead atoms. The molecule has 11 heteroatoms. The van der Waals surface area contributed by atoms with Crippen molar-refractivity contribution in [1.29, 1.82) is 0 Å². The van der Waals surface area contributed by atoms with Crippen LogP contribution in [0.2, 0.25) is 0 Å². The van der Waals surface area contributed by atoms with Crippen molar-refractivity contribution in [2.24, 2.45) is 23.0 Å². The van der Waals surface area contributed by atoms with E-state index in [2.05, 4.69) is 18.7 Å². The number of fused-ring (bicyclic) bond motifs is 3. The van der Waals surface area contributed by atoms with Gasteiger partial charge in [-0.1, -0.05) is 20.3 Å². The number of hydrogen-bond donors (Lipinski definition) is 4. The first kappa shape index (κ1) is 32.1. The zero-order valence-electron chi connectivity index (χ0n) is 26.2. The van der Waals surface area contributed by atoms with E-state index in [0.717, 1.165) is 38.8 Å². The fraction of sp³-hybridized carbons (Fsp3) is 0.606. The molecule has 0 spiro atoms. The first-order chi connectivity index (χ1) is 20.8. The first-order valence-corrected chi connectivity index (χ1v) is 15.5. The zero-order valence-corrected chi connectivity index (χ0v) is 26.2. The Kier molecular flexibility index (Phi) is 8.45. The summed E-state index contributed by atoms with van der Waals surface area (Å²) in [5.41, 5.74) is 2.44. The number of rotatable bonds is 10. The highest BCUT2D eigenvalue weighted by molar-refractivity contribution is 6.24. The van der Waals surface area contributed by atoms with E-state index >= 15 is 4.39 Å². The molecule has 0 radical (unpaired) electrons. The lowest BCUT2D eigenvalue weighted by Gasteiger charge is -2.50. The van der Waals surface area contributed by atoms with E-state index in [4.69, 9.17) is 10.5 Å². The summed E-state index contributed by atoms with van der Waals surface area (Å²) in [4.78, 5) is 43.5. The minimum Gasteiger partial charge on any atom is -0.510 e. The third-order valence-electron chi connectivity index (χ3n) is 10.6. The number of nitrogens with zero attached hydrogens (tertiary/aromatic N) is 2. The quantitative estimate of drug-likeness (QED) is 0.291. The van der Waals surface area contributed by atoms with Crippen LogP contribution in [-0.2, 0) is 22.6 Å². The maximum absolute atomic E-state index is 16.5. The smallest absolute Gasteiger partial charge is 0.255 e. The summed E-state index contributed by atoms with van der Waals surface area (Å²) in [7, 11) is 4.55. The van der Waals surface area contributed by atoms with E-state index < -0.39 is 63.9 Å². The Labute approximate surface area is 257 Å². The normalized spacial score (nSPS) is 27.7. The molecule has 0 saturated heterocycles. The second kappa shape index (κ2) is 11.6. The van der Waals surface area contributed by atoms with Gasteiger partial charge in [-0.15, -0.1) is 0 Å². The lowest BCUT2D eigenvalue weighted by molar-refractivity contribution is -0.148. The molecule has 4 aliphatic carbocycles. The lowest BCUT2D eigenvalue weighted by Crippen LogP contribution is -2.63. The Morgan fingerprint density at radius 2 is 1.89 bits per heavy atom. The molecule has 1 aromatic carbocycles. The van der Waals surface area contributed by atoms with Gasteiger partial charge in [0.15, 0.2) is 11.4 Å². The van der Waals surface area contributed by atoms with E-state index in [0.29, 0.717) is 12.1 Å². The predicted molar refractivity (Wildman–Crippen MR) is 161 cm³/mol. The average Bonchev–Trinajstić information content (AvgIpc) is 2.94. The number of ketones is 2. The zero-order chi connectivity index (χ0) is 32.3. The molecule has 0 unspecified atom stereocenters. The molecule has 1 amide bonds. The molecular weight excluding hydrogens is 569 g/mol. The van der Waals surface area contributed by atoms with Crippen LogP contribution in [0.25, 0.3) is 0 Å². The van der Waals surface area contributed by atoms with Crippen molar-refractivity contribution in [3.63, 3.8) is 0 Å². The number of nitrogens with two attached hydrogens (primary N) is 1. The summed E-state index contributed by atoms with van der Waals surface area (Å²) < 4.78 is 22.1. The molecule has 1 saturated carbocycles. The highest BCUT2D eigenvalue weighted by Crippen LogP contribution is 2.53. The summed E-state index contributed by atoms with van der Waals surface area (Å²) in [6.07, 6.45) is 5.46. The maximum atomic E-state index is 16.5. The molecule has 1 fully saturated rings. The summed E-state index contributed by atoms with van der Waals surface area (Å²) in [5, 5.41) is 34.3. The van der Waals surface area contributed by atoms with Gasteiger partial charge in [-0.2, -0.15) is 0 Å². The van der Waals surface area contributed by atoms with Gasteiger partial charge >= 0.3 is 0 Å². The largest absolute Gasteiger partial charge is 0.510 e. The van der Waals surface area contributed by atoms with E-state index in [1.807, 2.05) is 0 Å². The molecule has 0 heterocycles. The van der Waals surface area contributed by atoms with Gasteiger partial charge in [-0.05, 0) is 76.6 Å². The van der Waals surface area contributed by atoms with Gasteiger partial charge in [-0.3, -0.25) is 24.2 Å². The first-order valence-electron chi connectivity index (χ1n) is 15.5. The molecule has 44 heavy (non-hydrogen) atoms. The van der Waals surface area contributed by atoms with Crippen molar-refractivity contribution in [2.75, 3.05) is 34.3 Å². The summed E-state index contributed by atoms with van der Waals surface area (Å²) >= 11 is 0. The van der Waals surface area contributed by atoms with Gasteiger partial charge in [-0.25, -0.2) is 4.39 Å². The number of primary amides is 1. The van der Waals surface area contributed by atoms with E-state index in [1.165, 1.54) is 24.5 Å². The maximum Gasteiger partial charge on any atom is 0.255 e. The molecule has 4 aliphatic rings. The van der Waals surface area contributed by atoms with E-state index in [-0.39, 0.29) is 40.7 Å². The second-order valence-electron chi connectivity index (χ2n) is 13.3. The van der Waals surface area contributed by atoms with Crippen molar-refractivity contribution >= 4 is 17.5 Å². The fourth-order valence-electron chi connectivity index (χ4n) is 8.16. The van der Waals surface area contributed by atoms with Crippen molar-refractivity contribution in [3.8, 4) is 5.75 Å². The van der Waals surface area contributed by atoms with E-state index in [1.54, 1.807) is 14.1 Å². The number of carbonyl (C=O) groups excluding carboxylic acids is 3. The van der Waals surface area contributed by atoms with Crippen LogP contribution in [0, 0.1) is 23.1 Å². The van der Waals surface area contributed by atoms with Crippen molar-refractivity contribution in [1.82, 2.24) is 9.80 Å². The number of benzene rings is 1. The Hall–Kier alpha value is -3.28. The Balaban J connectivity index is 1.59. The Bertz CT molecular complexity index is 1460. The fourth-order valence-corrected chi connectivity index (χ4v) is 8.16. The van der Waals surface area contributed by atoms with E-state index in [9.17, 15) is 29.7 Å². The number of likely N-dealkylation sites (N-methyl/N-ethyl adjacent to an activating group) is 1. The third kappa shape index (κ3) is 4.75. The number of halogens is 1. The van der Waals surface area contributed by atoms with Crippen LogP contribution in [0.5, 0.6) is 5.75 Å². The molecule has 0 aliphatic heterocycles. The number of allylic oxidation sites excluding steroid dienone is 1. The SMILES string of the molecule is CCCN(Cc1cc(OC)c2c(c1F)C[C@H]1C[C@H]3[C@H](N(C)C)C(O)=C(C(N)=O)C(=O)[C@@]3(O)C(O)=C1C2=O)CC1(CC)CCC1. The number of aliphatic hydroxyl groups is 3. The molecule has 5 N–H and O–H groups in total. The van der Waals surface area contributed by atoms with Crippen LogP contribution in [0.15, 0.2) is 28.7 Å². The van der Waals surface area contributed by atoms with Crippen molar-refractivity contribution in [3.05, 3.63) is 51.2 Å². The number of amides is 1. The summed E-state index contributed by atoms with van der Waals surface area (Å²) in [6.45, 7) is 6.31. The summed E-state index contributed by atoms with van der Waals surface area (Å²) in [5.74, 6) is -7.05.